The molecule has 7 heteroatoms. The number of aliphatic hydroxyl groups is 1. The van der Waals surface area contributed by atoms with Crippen LogP contribution in [0.15, 0.2) is 0 Å². The fourth-order valence-electron chi connectivity index (χ4n) is 3.45. The molecule has 2 heterocycles. The van der Waals surface area contributed by atoms with Gasteiger partial charge >= 0.3 is 0 Å². The van der Waals surface area contributed by atoms with Gasteiger partial charge in [0.15, 0.2) is 6.10 Å². The monoisotopic (exact) mass is 339 g/mol. The second kappa shape index (κ2) is 7.80. The predicted molar refractivity (Wildman–Crippen MR) is 88.4 cm³/mol. The van der Waals surface area contributed by atoms with E-state index in [2.05, 4.69) is 10.2 Å². The van der Waals surface area contributed by atoms with Gasteiger partial charge in [-0.15, -0.1) is 0 Å². The first-order valence-corrected chi connectivity index (χ1v) is 9.14. The molecule has 0 unspecified atom stereocenters. The van der Waals surface area contributed by atoms with Crippen LogP contribution in [0.1, 0.15) is 39.0 Å². The highest BCUT2D eigenvalue weighted by molar-refractivity contribution is 5.82. The van der Waals surface area contributed by atoms with E-state index in [0.717, 1.165) is 58.4 Å². The average Bonchev–Trinajstić information content (AvgIpc) is 3.38. The van der Waals surface area contributed by atoms with Gasteiger partial charge in [-0.1, -0.05) is 0 Å². The molecule has 7 nitrogen and oxygen atoms in total. The summed E-state index contributed by atoms with van der Waals surface area (Å²) in [6.45, 7) is 5.87. The number of carbonyl (C=O) groups is 2. The molecule has 1 aliphatic carbocycles. The molecule has 0 spiro atoms. The van der Waals surface area contributed by atoms with Crippen molar-refractivity contribution in [3.05, 3.63) is 0 Å². The van der Waals surface area contributed by atoms with E-state index in [1.165, 1.54) is 0 Å². The first-order valence-electron chi connectivity index (χ1n) is 9.14. The molecule has 0 bridgehead atoms. The molecule has 3 rings (SSSR count). The predicted octanol–water partition coefficient (Wildman–Crippen LogP) is -0.272. The first kappa shape index (κ1) is 17.6. The lowest BCUT2D eigenvalue weighted by molar-refractivity contribution is -0.158. The SMILES string of the molecule is CC(=O)N1CCN(CC[C@@H]2CC[C@H](O)[C@@H](C(=O)NC3CC3)O2)CC1. The van der Waals surface area contributed by atoms with Crippen molar-refractivity contribution in [2.75, 3.05) is 32.7 Å². The molecule has 3 atom stereocenters. The van der Waals surface area contributed by atoms with Crippen LogP contribution in [0.3, 0.4) is 0 Å². The van der Waals surface area contributed by atoms with Gasteiger partial charge in [0.05, 0.1) is 12.2 Å². The third kappa shape index (κ3) is 4.68. The zero-order valence-corrected chi connectivity index (χ0v) is 14.4. The molecular formula is C17H29N3O4. The number of piperazine rings is 1. The number of nitrogens with one attached hydrogen (secondary N) is 1. The number of amides is 2. The van der Waals surface area contributed by atoms with E-state index in [0.29, 0.717) is 6.42 Å². The maximum absolute atomic E-state index is 12.2. The summed E-state index contributed by atoms with van der Waals surface area (Å²) in [5.74, 6) is -0.0199. The van der Waals surface area contributed by atoms with Crippen molar-refractivity contribution in [3.8, 4) is 0 Å². The van der Waals surface area contributed by atoms with E-state index in [1.54, 1.807) is 6.92 Å². The molecule has 0 aromatic rings. The van der Waals surface area contributed by atoms with Gasteiger partial charge in [0, 0.05) is 45.7 Å². The van der Waals surface area contributed by atoms with Crippen LogP contribution in [0, 0.1) is 0 Å². The molecule has 1 saturated carbocycles. The Balaban J connectivity index is 1.40. The van der Waals surface area contributed by atoms with Gasteiger partial charge in [-0.25, -0.2) is 0 Å². The molecule has 2 aliphatic heterocycles. The zero-order chi connectivity index (χ0) is 17.1. The molecule has 3 fully saturated rings. The zero-order valence-electron chi connectivity index (χ0n) is 14.4. The maximum atomic E-state index is 12.2. The summed E-state index contributed by atoms with van der Waals surface area (Å²) < 4.78 is 5.89. The molecule has 0 radical (unpaired) electrons. The minimum atomic E-state index is -0.723. The number of aliphatic hydroxyl groups excluding tert-OH is 1. The molecule has 2 saturated heterocycles. The molecule has 2 amide bonds. The highest BCUT2D eigenvalue weighted by Gasteiger charge is 2.37. The quantitative estimate of drug-likeness (QED) is 0.720. The summed E-state index contributed by atoms with van der Waals surface area (Å²) in [5, 5.41) is 13.0. The van der Waals surface area contributed by atoms with Crippen LogP contribution < -0.4 is 5.32 Å². The van der Waals surface area contributed by atoms with Crippen molar-refractivity contribution < 1.29 is 19.4 Å². The molecule has 0 aromatic carbocycles. The maximum Gasteiger partial charge on any atom is 0.252 e. The molecule has 2 N–H and O–H groups in total. The van der Waals surface area contributed by atoms with Gasteiger partial charge in [-0.2, -0.15) is 0 Å². The van der Waals surface area contributed by atoms with Gasteiger partial charge in [0.1, 0.15) is 0 Å². The smallest absolute Gasteiger partial charge is 0.252 e. The van der Waals surface area contributed by atoms with Crippen molar-refractivity contribution >= 4 is 11.8 Å². The number of carbonyl (C=O) groups excluding carboxylic acids is 2. The lowest BCUT2D eigenvalue weighted by atomic mass is 9.98. The normalized spacial score (nSPS) is 31.8. The Morgan fingerprint density at radius 1 is 1.12 bits per heavy atom. The van der Waals surface area contributed by atoms with E-state index in [-0.39, 0.29) is 24.0 Å². The van der Waals surface area contributed by atoms with E-state index < -0.39 is 12.2 Å². The van der Waals surface area contributed by atoms with Crippen LogP contribution >= 0.6 is 0 Å². The average molecular weight is 339 g/mol. The van der Waals surface area contributed by atoms with E-state index in [4.69, 9.17) is 4.74 Å². The molecule has 24 heavy (non-hydrogen) atoms. The Hall–Kier alpha value is -1.18. The largest absolute Gasteiger partial charge is 0.390 e. The Morgan fingerprint density at radius 2 is 1.83 bits per heavy atom. The second-order valence-electron chi connectivity index (χ2n) is 7.24. The van der Waals surface area contributed by atoms with Crippen LogP contribution in [0.2, 0.25) is 0 Å². The van der Waals surface area contributed by atoms with Crippen LogP contribution in [0.4, 0.5) is 0 Å². The van der Waals surface area contributed by atoms with Crippen molar-refractivity contribution in [2.45, 2.75) is 63.4 Å². The van der Waals surface area contributed by atoms with Crippen molar-refractivity contribution in [2.24, 2.45) is 0 Å². The van der Waals surface area contributed by atoms with Crippen molar-refractivity contribution in [1.82, 2.24) is 15.1 Å². The third-order valence-corrected chi connectivity index (χ3v) is 5.24. The topological polar surface area (TPSA) is 82.1 Å². The Morgan fingerprint density at radius 3 is 2.46 bits per heavy atom. The minimum absolute atomic E-state index is 0.0224. The van der Waals surface area contributed by atoms with Crippen LogP contribution in [0.25, 0.3) is 0 Å². The summed E-state index contributed by atoms with van der Waals surface area (Å²) in [6.07, 6.45) is 2.94. The number of hydrogen-bond donors (Lipinski definition) is 2. The summed E-state index contributed by atoms with van der Waals surface area (Å²) in [7, 11) is 0. The van der Waals surface area contributed by atoms with E-state index in [9.17, 15) is 14.7 Å². The number of rotatable bonds is 5. The van der Waals surface area contributed by atoms with Crippen molar-refractivity contribution in [3.63, 3.8) is 0 Å². The summed E-state index contributed by atoms with van der Waals surface area (Å²) in [5.41, 5.74) is 0. The Kier molecular flexibility index (Phi) is 5.73. The third-order valence-electron chi connectivity index (χ3n) is 5.24. The summed E-state index contributed by atoms with van der Waals surface area (Å²) in [4.78, 5) is 27.7. The second-order valence-corrected chi connectivity index (χ2v) is 7.24. The van der Waals surface area contributed by atoms with Gasteiger partial charge in [0.2, 0.25) is 5.91 Å². The molecular weight excluding hydrogens is 310 g/mol. The van der Waals surface area contributed by atoms with Gasteiger partial charge in [-0.05, 0) is 32.1 Å². The fourth-order valence-corrected chi connectivity index (χ4v) is 3.45. The highest BCUT2D eigenvalue weighted by Crippen LogP contribution is 2.24. The fraction of sp³-hybridized carbons (Fsp3) is 0.882. The Labute approximate surface area is 143 Å². The standard InChI is InChI=1S/C17H29N3O4/c1-12(21)20-10-8-19(9-11-20)7-6-14-4-5-15(22)16(24-14)17(23)18-13-2-3-13/h13-16,22H,2-11H2,1H3,(H,18,23)/t14-,15-,16-/m0/s1. The number of ether oxygens (including phenoxy) is 1. The van der Waals surface area contributed by atoms with Crippen LogP contribution in [0.5, 0.6) is 0 Å². The van der Waals surface area contributed by atoms with Gasteiger partial charge in [-0.3, -0.25) is 14.5 Å². The molecule has 0 aromatic heterocycles. The number of nitrogens with zero attached hydrogens (tertiary/aromatic N) is 2. The molecule has 136 valence electrons. The highest BCUT2D eigenvalue weighted by atomic mass is 16.5. The summed E-state index contributed by atoms with van der Waals surface area (Å²) >= 11 is 0. The first-order chi connectivity index (χ1) is 11.5. The summed E-state index contributed by atoms with van der Waals surface area (Å²) in [6, 6.07) is 0.284. The van der Waals surface area contributed by atoms with Gasteiger partial charge < -0.3 is 20.1 Å². The van der Waals surface area contributed by atoms with Crippen LogP contribution in [-0.4, -0.2) is 83.8 Å². The van der Waals surface area contributed by atoms with Crippen molar-refractivity contribution in [1.29, 1.82) is 0 Å². The van der Waals surface area contributed by atoms with E-state index >= 15 is 0 Å². The van der Waals surface area contributed by atoms with E-state index in [1.807, 2.05) is 4.90 Å². The lowest BCUT2D eigenvalue weighted by Crippen LogP contribution is -2.51. The lowest BCUT2D eigenvalue weighted by Gasteiger charge is -2.37. The number of hydrogen-bond acceptors (Lipinski definition) is 5. The molecule has 3 aliphatic rings. The van der Waals surface area contributed by atoms with Gasteiger partial charge in [0.25, 0.3) is 5.91 Å². The minimum Gasteiger partial charge on any atom is -0.390 e. The Bertz CT molecular complexity index is 461. The van der Waals surface area contributed by atoms with Crippen LogP contribution in [-0.2, 0) is 14.3 Å².